The molecular formula is C12H20N2OS. The van der Waals surface area contributed by atoms with Gasteiger partial charge >= 0.3 is 0 Å². The normalized spacial score (nSPS) is 22.4. The number of rotatable bonds is 5. The molecule has 0 aliphatic carbocycles. The summed E-state index contributed by atoms with van der Waals surface area (Å²) in [6.07, 6.45) is 0. The summed E-state index contributed by atoms with van der Waals surface area (Å²) in [6.45, 7) is 8.04. The molecule has 1 fully saturated rings. The maximum Gasteiger partial charge on any atom is 0.0635 e. The van der Waals surface area contributed by atoms with Crippen molar-refractivity contribution in [3.8, 4) is 0 Å². The van der Waals surface area contributed by atoms with Gasteiger partial charge in [-0.15, -0.1) is 0 Å². The van der Waals surface area contributed by atoms with Gasteiger partial charge in [-0.2, -0.15) is 11.3 Å². The molecule has 1 aromatic rings. The zero-order valence-corrected chi connectivity index (χ0v) is 10.6. The molecular weight excluding hydrogens is 220 g/mol. The average molecular weight is 240 g/mol. The van der Waals surface area contributed by atoms with Gasteiger partial charge in [-0.3, -0.25) is 4.90 Å². The molecule has 4 heteroatoms. The van der Waals surface area contributed by atoms with E-state index in [1.807, 2.05) is 0 Å². The molecule has 0 spiro atoms. The third-order valence-corrected chi connectivity index (χ3v) is 3.68. The predicted octanol–water partition coefficient (Wildman–Crippen LogP) is 1.56. The second kappa shape index (κ2) is 6.35. The fourth-order valence-corrected chi connectivity index (χ4v) is 2.67. The second-order valence-electron chi connectivity index (χ2n) is 4.14. The first-order chi connectivity index (χ1) is 7.90. The largest absolute Gasteiger partial charge is 0.378 e. The van der Waals surface area contributed by atoms with Gasteiger partial charge in [-0.1, -0.05) is 6.92 Å². The number of thiophene rings is 1. The molecule has 3 nitrogen and oxygen atoms in total. The number of hydrogen-bond acceptors (Lipinski definition) is 4. The number of likely N-dealkylation sites (N-methyl/N-ethyl adjacent to an activating group) is 1. The Balaban J connectivity index is 1.88. The van der Waals surface area contributed by atoms with Gasteiger partial charge in [0.05, 0.1) is 13.2 Å². The van der Waals surface area contributed by atoms with Crippen LogP contribution in [-0.4, -0.2) is 43.8 Å². The summed E-state index contributed by atoms with van der Waals surface area (Å²) >= 11 is 1.77. The molecule has 1 atom stereocenters. The van der Waals surface area contributed by atoms with Crippen LogP contribution in [0.5, 0.6) is 0 Å². The van der Waals surface area contributed by atoms with Crippen molar-refractivity contribution >= 4 is 11.3 Å². The number of nitrogens with one attached hydrogen (secondary N) is 1. The van der Waals surface area contributed by atoms with Crippen LogP contribution in [0.1, 0.15) is 12.5 Å². The molecule has 90 valence electrons. The molecule has 1 N–H and O–H groups in total. The van der Waals surface area contributed by atoms with Crippen molar-refractivity contribution < 1.29 is 4.74 Å². The number of morpholine rings is 1. The molecule has 1 unspecified atom stereocenters. The van der Waals surface area contributed by atoms with Gasteiger partial charge in [0.2, 0.25) is 0 Å². The Bertz CT molecular complexity index is 289. The Labute approximate surface area is 101 Å². The third kappa shape index (κ3) is 3.28. The lowest BCUT2D eigenvalue weighted by Gasteiger charge is -2.35. The molecule has 1 aliphatic heterocycles. The van der Waals surface area contributed by atoms with E-state index in [1.165, 1.54) is 5.56 Å². The van der Waals surface area contributed by atoms with Gasteiger partial charge in [-0.25, -0.2) is 0 Å². The van der Waals surface area contributed by atoms with Crippen molar-refractivity contribution in [2.75, 3.05) is 32.8 Å². The van der Waals surface area contributed by atoms with Crippen molar-refractivity contribution in [2.45, 2.75) is 19.5 Å². The molecule has 0 amide bonds. The molecule has 2 rings (SSSR count). The van der Waals surface area contributed by atoms with Crippen molar-refractivity contribution in [3.05, 3.63) is 22.4 Å². The first kappa shape index (κ1) is 12.0. The van der Waals surface area contributed by atoms with E-state index in [4.69, 9.17) is 4.74 Å². The van der Waals surface area contributed by atoms with Gasteiger partial charge in [0, 0.05) is 25.7 Å². The van der Waals surface area contributed by atoms with E-state index in [9.17, 15) is 0 Å². The molecule has 0 radical (unpaired) electrons. The van der Waals surface area contributed by atoms with Gasteiger partial charge in [0.25, 0.3) is 0 Å². The highest BCUT2D eigenvalue weighted by Gasteiger charge is 2.22. The van der Waals surface area contributed by atoms with E-state index in [1.54, 1.807) is 11.3 Å². The summed E-state index contributed by atoms with van der Waals surface area (Å²) in [5.41, 5.74) is 1.42. The van der Waals surface area contributed by atoms with Crippen LogP contribution in [0.25, 0.3) is 0 Å². The fourth-order valence-electron chi connectivity index (χ4n) is 2.01. The molecule has 0 bridgehead atoms. The van der Waals surface area contributed by atoms with Crippen LogP contribution in [0.15, 0.2) is 16.8 Å². The number of nitrogens with zero attached hydrogens (tertiary/aromatic N) is 1. The lowest BCUT2D eigenvalue weighted by atomic mass is 10.2. The second-order valence-corrected chi connectivity index (χ2v) is 4.92. The predicted molar refractivity (Wildman–Crippen MR) is 67.9 cm³/mol. The van der Waals surface area contributed by atoms with Crippen LogP contribution in [-0.2, 0) is 11.3 Å². The van der Waals surface area contributed by atoms with Crippen LogP contribution >= 0.6 is 11.3 Å². The maximum absolute atomic E-state index is 5.55. The Morgan fingerprint density at radius 3 is 3.31 bits per heavy atom. The fraction of sp³-hybridized carbons (Fsp3) is 0.667. The van der Waals surface area contributed by atoms with Crippen LogP contribution in [0, 0.1) is 0 Å². The average Bonchev–Trinajstić information content (AvgIpc) is 2.81. The lowest BCUT2D eigenvalue weighted by molar-refractivity contribution is -0.0107. The van der Waals surface area contributed by atoms with Crippen LogP contribution in [0.3, 0.4) is 0 Å². The number of hydrogen-bond donors (Lipinski definition) is 1. The molecule has 1 aromatic heterocycles. The van der Waals surface area contributed by atoms with E-state index in [-0.39, 0.29) is 0 Å². The van der Waals surface area contributed by atoms with E-state index in [0.29, 0.717) is 6.04 Å². The van der Waals surface area contributed by atoms with Gasteiger partial charge in [0.1, 0.15) is 0 Å². The SMILES string of the molecule is CCNCC1COCCN1Cc1ccsc1. The summed E-state index contributed by atoms with van der Waals surface area (Å²) < 4.78 is 5.55. The quantitative estimate of drug-likeness (QED) is 0.845. The molecule has 16 heavy (non-hydrogen) atoms. The molecule has 1 aliphatic rings. The van der Waals surface area contributed by atoms with Gasteiger partial charge < -0.3 is 10.1 Å². The zero-order chi connectivity index (χ0) is 11.2. The van der Waals surface area contributed by atoms with Crippen molar-refractivity contribution in [1.82, 2.24) is 10.2 Å². The summed E-state index contributed by atoms with van der Waals surface area (Å²) in [7, 11) is 0. The monoisotopic (exact) mass is 240 g/mol. The van der Waals surface area contributed by atoms with Crippen LogP contribution in [0.2, 0.25) is 0 Å². The summed E-state index contributed by atoms with van der Waals surface area (Å²) in [4.78, 5) is 2.52. The van der Waals surface area contributed by atoms with Crippen LogP contribution in [0.4, 0.5) is 0 Å². The Morgan fingerprint density at radius 2 is 2.56 bits per heavy atom. The summed E-state index contributed by atoms with van der Waals surface area (Å²) in [5, 5.41) is 7.79. The highest BCUT2D eigenvalue weighted by atomic mass is 32.1. The summed E-state index contributed by atoms with van der Waals surface area (Å²) in [6, 6.07) is 2.73. The minimum Gasteiger partial charge on any atom is -0.378 e. The van der Waals surface area contributed by atoms with E-state index in [2.05, 4.69) is 34.0 Å². The third-order valence-electron chi connectivity index (χ3n) is 2.95. The van der Waals surface area contributed by atoms with Crippen molar-refractivity contribution in [1.29, 1.82) is 0 Å². The molecule has 0 saturated carbocycles. The highest BCUT2D eigenvalue weighted by molar-refractivity contribution is 7.07. The minimum atomic E-state index is 0.522. The Morgan fingerprint density at radius 1 is 1.62 bits per heavy atom. The van der Waals surface area contributed by atoms with Crippen LogP contribution < -0.4 is 5.32 Å². The number of ether oxygens (including phenoxy) is 1. The van der Waals surface area contributed by atoms with E-state index >= 15 is 0 Å². The van der Waals surface area contributed by atoms with Gasteiger partial charge in [-0.05, 0) is 28.9 Å². The molecule has 2 heterocycles. The topological polar surface area (TPSA) is 24.5 Å². The Kier molecular flexibility index (Phi) is 4.78. The zero-order valence-electron chi connectivity index (χ0n) is 9.82. The first-order valence-corrected chi connectivity index (χ1v) is 6.88. The highest BCUT2D eigenvalue weighted by Crippen LogP contribution is 2.14. The van der Waals surface area contributed by atoms with Crippen molar-refractivity contribution in [3.63, 3.8) is 0 Å². The minimum absolute atomic E-state index is 0.522. The molecule has 0 aromatic carbocycles. The Hall–Kier alpha value is -0.420. The van der Waals surface area contributed by atoms with Crippen molar-refractivity contribution in [2.24, 2.45) is 0 Å². The molecule has 1 saturated heterocycles. The van der Waals surface area contributed by atoms with E-state index in [0.717, 1.165) is 39.4 Å². The van der Waals surface area contributed by atoms with Gasteiger partial charge in [0.15, 0.2) is 0 Å². The standard InChI is InChI=1S/C12H20N2OS/c1-2-13-7-12-9-15-5-4-14(12)8-11-3-6-16-10-11/h3,6,10,12-13H,2,4-5,7-9H2,1H3. The smallest absolute Gasteiger partial charge is 0.0635 e. The maximum atomic E-state index is 5.55. The summed E-state index contributed by atoms with van der Waals surface area (Å²) in [5.74, 6) is 0. The first-order valence-electron chi connectivity index (χ1n) is 5.93. The lowest BCUT2D eigenvalue weighted by Crippen LogP contribution is -2.49. The van der Waals surface area contributed by atoms with E-state index < -0.39 is 0 Å².